The van der Waals surface area contributed by atoms with E-state index in [1.54, 1.807) is 0 Å². The molecule has 1 rings (SSSR count). The number of rotatable bonds is 4. The van der Waals surface area contributed by atoms with Gasteiger partial charge >= 0.3 is 0 Å². The first kappa shape index (κ1) is 10.5. The summed E-state index contributed by atoms with van der Waals surface area (Å²) in [7, 11) is 0. The molecule has 0 aliphatic carbocycles. The molecule has 0 radical (unpaired) electrons. The summed E-state index contributed by atoms with van der Waals surface area (Å²) in [5, 5.41) is 0. The van der Waals surface area contributed by atoms with Crippen LogP contribution >= 0.6 is 15.9 Å². The molecule has 0 heterocycles. The maximum atomic E-state index is 10.1. The Kier molecular flexibility index (Phi) is 4.16. The summed E-state index contributed by atoms with van der Waals surface area (Å²) in [5.41, 5.74) is 2.56. The van der Waals surface area contributed by atoms with Gasteiger partial charge in [0.2, 0.25) is 0 Å². The normalized spacial score (nSPS) is 10.0. The van der Waals surface area contributed by atoms with Crippen molar-refractivity contribution in [3.63, 3.8) is 0 Å². The average Bonchev–Trinajstić information content (AvgIpc) is 2.03. The molecule has 0 aromatic heterocycles. The number of hydrogen-bond donors (Lipinski definition) is 0. The fourth-order valence-electron chi connectivity index (χ4n) is 1.35. The Morgan fingerprint density at radius 1 is 1.38 bits per heavy atom. The lowest BCUT2D eigenvalue weighted by atomic mass is 10.1. The molecule has 0 N–H and O–H groups in total. The highest BCUT2D eigenvalue weighted by Crippen LogP contribution is 2.16. The van der Waals surface area contributed by atoms with Crippen molar-refractivity contribution >= 4 is 22.2 Å². The molecule has 0 aliphatic rings. The number of carbonyl (C=O) groups excluding carboxylic acids is 1. The number of aldehydes is 1. The van der Waals surface area contributed by atoms with Crippen molar-refractivity contribution in [1.29, 1.82) is 0 Å². The molecule has 0 amide bonds. The second kappa shape index (κ2) is 5.18. The molecule has 2 heteroatoms. The zero-order valence-corrected chi connectivity index (χ0v) is 9.30. The molecule has 70 valence electrons. The Labute approximate surface area is 87.3 Å². The minimum atomic E-state index is 0.658. The van der Waals surface area contributed by atoms with E-state index in [0.29, 0.717) is 6.42 Å². The van der Waals surface area contributed by atoms with Crippen molar-refractivity contribution in [3.05, 3.63) is 33.8 Å². The van der Waals surface area contributed by atoms with Crippen LogP contribution in [0.5, 0.6) is 0 Å². The van der Waals surface area contributed by atoms with Gasteiger partial charge < -0.3 is 4.79 Å². The van der Waals surface area contributed by atoms with Gasteiger partial charge in [0.05, 0.1) is 0 Å². The molecule has 0 saturated carbocycles. The second-order valence-corrected chi connectivity index (χ2v) is 4.11. The van der Waals surface area contributed by atoms with Gasteiger partial charge in [-0.1, -0.05) is 22.0 Å². The van der Waals surface area contributed by atoms with Crippen molar-refractivity contribution in [2.24, 2.45) is 0 Å². The molecule has 0 fully saturated rings. The Balaban J connectivity index is 2.60. The smallest absolute Gasteiger partial charge is 0.120 e. The van der Waals surface area contributed by atoms with Crippen LogP contribution in [0.25, 0.3) is 0 Å². The van der Waals surface area contributed by atoms with Gasteiger partial charge in [0.1, 0.15) is 6.29 Å². The quantitative estimate of drug-likeness (QED) is 0.584. The van der Waals surface area contributed by atoms with E-state index in [2.05, 4.69) is 41.1 Å². The topological polar surface area (TPSA) is 17.1 Å². The van der Waals surface area contributed by atoms with E-state index in [9.17, 15) is 4.79 Å². The summed E-state index contributed by atoms with van der Waals surface area (Å²) in [6, 6.07) is 6.36. The second-order valence-electron chi connectivity index (χ2n) is 3.20. The highest BCUT2D eigenvalue weighted by atomic mass is 79.9. The minimum Gasteiger partial charge on any atom is -0.303 e. The minimum absolute atomic E-state index is 0.658. The molecule has 0 atom stereocenters. The molecule has 1 nitrogen and oxygen atoms in total. The zero-order chi connectivity index (χ0) is 9.68. The van der Waals surface area contributed by atoms with Gasteiger partial charge in [0.25, 0.3) is 0 Å². The van der Waals surface area contributed by atoms with Crippen LogP contribution < -0.4 is 0 Å². The van der Waals surface area contributed by atoms with Gasteiger partial charge in [-0.3, -0.25) is 0 Å². The number of carbonyl (C=O) groups is 1. The van der Waals surface area contributed by atoms with Crippen molar-refractivity contribution < 1.29 is 4.79 Å². The van der Waals surface area contributed by atoms with Gasteiger partial charge in [-0.25, -0.2) is 0 Å². The lowest BCUT2D eigenvalue weighted by Gasteiger charge is -2.02. The third kappa shape index (κ3) is 3.73. The molecular weight excluding hydrogens is 228 g/mol. The van der Waals surface area contributed by atoms with Crippen LogP contribution in [0.15, 0.2) is 22.7 Å². The number of unbranched alkanes of at least 4 members (excludes halogenated alkanes) is 1. The first-order valence-electron chi connectivity index (χ1n) is 4.42. The predicted octanol–water partition coefficient (Wildman–Crippen LogP) is 3.28. The summed E-state index contributed by atoms with van der Waals surface area (Å²) in [6.45, 7) is 2.08. The van der Waals surface area contributed by atoms with E-state index >= 15 is 0 Å². The first-order valence-corrected chi connectivity index (χ1v) is 5.21. The highest BCUT2D eigenvalue weighted by molar-refractivity contribution is 9.10. The lowest BCUT2D eigenvalue weighted by Crippen LogP contribution is -1.87. The summed E-state index contributed by atoms with van der Waals surface area (Å²) in [6.07, 6.45) is 3.56. The van der Waals surface area contributed by atoms with Gasteiger partial charge in [-0.05, 0) is 43.0 Å². The van der Waals surface area contributed by atoms with Crippen LogP contribution in [0.3, 0.4) is 0 Å². The molecule has 0 saturated heterocycles. The highest BCUT2D eigenvalue weighted by Gasteiger charge is 1.96. The fraction of sp³-hybridized carbons (Fsp3) is 0.364. The van der Waals surface area contributed by atoms with Gasteiger partial charge in [0, 0.05) is 10.9 Å². The third-order valence-electron chi connectivity index (χ3n) is 1.89. The summed E-state index contributed by atoms with van der Waals surface area (Å²) in [5.74, 6) is 0. The van der Waals surface area contributed by atoms with Crippen LogP contribution in [0.2, 0.25) is 0 Å². The van der Waals surface area contributed by atoms with Crippen LogP contribution in [0.4, 0.5) is 0 Å². The Morgan fingerprint density at radius 2 is 2.15 bits per heavy atom. The lowest BCUT2D eigenvalue weighted by molar-refractivity contribution is -0.107. The van der Waals surface area contributed by atoms with E-state index in [4.69, 9.17) is 0 Å². The van der Waals surface area contributed by atoms with Crippen molar-refractivity contribution in [1.82, 2.24) is 0 Å². The van der Waals surface area contributed by atoms with E-state index < -0.39 is 0 Å². The first-order chi connectivity index (χ1) is 6.22. The average molecular weight is 241 g/mol. The van der Waals surface area contributed by atoms with Crippen LogP contribution in [0, 0.1) is 6.92 Å². The molecule has 0 spiro atoms. The van der Waals surface area contributed by atoms with Crippen molar-refractivity contribution in [2.75, 3.05) is 0 Å². The van der Waals surface area contributed by atoms with Gasteiger partial charge in [0.15, 0.2) is 0 Å². The maximum absolute atomic E-state index is 10.1. The number of benzene rings is 1. The maximum Gasteiger partial charge on any atom is 0.120 e. The molecule has 1 aromatic carbocycles. The van der Waals surface area contributed by atoms with Crippen LogP contribution in [-0.4, -0.2) is 6.29 Å². The van der Waals surface area contributed by atoms with Crippen LogP contribution in [0.1, 0.15) is 24.0 Å². The van der Waals surface area contributed by atoms with Crippen molar-refractivity contribution in [2.45, 2.75) is 26.2 Å². The molecule has 0 aliphatic heterocycles. The number of aryl methyl sites for hydroxylation is 2. The molecule has 1 aromatic rings. The molecule has 0 bridgehead atoms. The SMILES string of the molecule is Cc1cc(Br)cc(CCCC=O)c1. The van der Waals surface area contributed by atoms with E-state index in [1.165, 1.54) is 11.1 Å². The standard InChI is InChI=1S/C11H13BrO/c1-9-6-10(4-2-3-5-13)8-11(12)7-9/h5-8H,2-4H2,1H3. The van der Waals surface area contributed by atoms with Gasteiger partial charge in [-0.15, -0.1) is 0 Å². The van der Waals surface area contributed by atoms with E-state index in [0.717, 1.165) is 23.6 Å². The van der Waals surface area contributed by atoms with Gasteiger partial charge in [-0.2, -0.15) is 0 Å². The zero-order valence-electron chi connectivity index (χ0n) is 7.72. The Bertz CT molecular complexity index is 274. The molecule has 13 heavy (non-hydrogen) atoms. The summed E-state index contributed by atoms with van der Waals surface area (Å²) >= 11 is 3.45. The third-order valence-corrected chi connectivity index (χ3v) is 2.35. The van der Waals surface area contributed by atoms with Crippen molar-refractivity contribution in [3.8, 4) is 0 Å². The Hall–Kier alpha value is -0.630. The fourth-order valence-corrected chi connectivity index (χ4v) is 2.00. The number of hydrogen-bond acceptors (Lipinski definition) is 1. The monoisotopic (exact) mass is 240 g/mol. The molecular formula is C11H13BrO. The van der Waals surface area contributed by atoms with E-state index in [1.807, 2.05) is 0 Å². The van der Waals surface area contributed by atoms with E-state index in [-0.39, 0.29) is 0 Å². The summed E-state index contributed by atoms with van der Waals surface area (Å²) < 4.78 is 1.12. The number of halogens is 1. The Morgan fingerprint density at radius 3 is 2.77 bits per heavy atom. The largest absolute Gasteiger partial charge is 0.303 e. The predicted molar refractivity (Wildman–Crippen MR) is 57.9 cm³/mol. The van der Waals surface area contributed by atoms with Crippen LogP contribution in [-0.2, 0) is 11.2 Å². The molecule has 0 unspecified atom stereocenters. The summed E-state index contributed by atoms with van der Waals surface area (Å²) in [4.78, 5) is 10.1.